The van der Waals surface area contributed by atoms with Gasteiger partial charge in [-0.25, -0.2) is 4.39 Å². The molecule has 2 nitrogen and oxygen atoms in total. The number of nitrogen functional groups attached to an aromatic ring is 1. The van der Waals surface area contributed by atoms with Gasteiger partial charge >= 0.3 is 0 Å². The van der Waals surface area contributed by atoms with E-state index in [2.05, 4.69) is 4.90 Å². The highest BCUT2D eigenvalue weighted by Crippen LogP contribution is 2.46. The maximum atomic E-state index is 13.0. The Morgan fingerprint density at radius 2 is 1.82 bits per heavy atom. The largest absolute Gasteiger partial charge is 0.397 e. The summed E-state index contributed by atoms with van der Waals surface area (Å²) in [7, 11) is 0. The minimum absolute atomic E-state index is 0.251. The van der Waals surface area contributed by atoms with Gasteiger partial charge in [-0.3, -0.25) is 0 Å². The summed E-state index contributed by atoms with van der Waals surface area (Å²) in [5.41, 5.74) is 7.98. The van der Waals surface area contributed by atoms with Gasteiger partial charge < -0.3 is 10.6 Å². The minimum Gasteiger partial charge on any atom is -0.397 e. The van der Waals surface area contributed by atoms with Crippen molar-refractivity contribution in [2.24, 2.45) is 5.41 Å². The topological polar surface area (TPSA) is 29.3 Å². The van der Waals surface area contributed by atoms with Crippen LogP contribution in [0, 0.1) is 11.2 Å². The number of rotatable bonds is 1. The van der Waals surface area contributed by atoms with Gasteiger partial charge in [-0.1, -0.05) is 19.3 Å². The van der Waals surface area contributed by atoms with Gasteiger partial charge in [0.25, 0.3) is 0 Å². The van der Waals surface area contributed by atoms with Crippen LogP contribution in [0.1, 0.15) is 32.1 Å². The fourth-order valence-corrected chi connectivity index (χ4v) is 3.37. The summed E-state index contributed by atoms with van der Waals surface area (Å²) < 4.78 is 13.0. The molecule has 0 atom stereocenters. The van der Waals surface area contributed by atoms with Crippen molar-refractivity contribution in [3.63, 3.8) is 0 Å². The van der Waals surface area contributed by atoms with Crippen molar-refractivity contribution in [1.82, 2.24) is 0 Å². The highest BCUT2D eigenvalue weighted by molar-refractivity contribution is 5.69. The Kier molecular flexibility index (Phi) is 2.49. The van der Waals surface area contributed by atoms with Crippen LogP contribution in [0.15, 0.2) is 18.2 Å². The van der Waals surface area contributed by atoms with Gasteiger partial charge in [-0.15, -0.1) is 0 Å². The smallest absolute Gasteiger partial charge is 0.125 e. The SMILES string of the molecule is Nc1cc(F)ccc1N1CC2(CCCCC2)C1. The van der Waals surface area contributed by atoms with E-state index >= 15 is 0 Å². The molecule has 1 saturated heterocycles. The summed E-state index contributed by atoms with van der Waals surface area (Å²) in [5.74, 6) is -0.251. The van der Waals surface area contributed by atoms with Crippen molar-refractivity contribution >= 4 is 11.4 Å². The molecule has 2 fully saturated rings. The summed E-state index contributed by atoms with van der Waals surface area (Å²) in [5, 5.41) is 0. The maximum absolute atomic E-state index is 13.0. The van der Waals surface area contributed by atoms with Crippen LogP contribution in [-0.2, 0) is 0 Å². The Bertz CT molecular complexity index is 416. The average molecular weight is 234 g/mol. The van der Waals surface area contributed by atoms with Crippen LogP contribution < -0.4 is 10.6 Å². The van der Waals surface area contributed by atoms with E-state index in [-0.39, 0.29) is 5.82 Å². The fourth-order valence-electron chi connectivity index (χ4n) is 3.37. The van der Waals surface area contributed by atoms with E-state index in [0.29, 0.717) is 11.1 Å². The second kappa shape index (κ2) is 3.90. The predicted octanol–water partition coefficient (Wildman–Crippen LogP) is 3.18. The maximum Gasteiger partial charge on any atom is 0.125 e. The Balaban J connectivity index is 1.72. The number of hydrogen-bond acceptors (Lipinski definition) is 2. The zero-order valence-corrected chi connectivity index (χ0v) is 10.1. The first-order chi connectivity index (χ1) is 8.19. The highest BCUT2D eigenvalue weighted by atomic mass is 19.1. The lowest BCUT2D eigenvalue weighted by Gasteiger charge is -2.53. The first-order valence-electron chi connectivity index (χ1n) is 6.49. The van der Waals surface area contributed by atoms with Crippen LogP contribution >= 0.6 is 0 Å². The molecule has 1 aliphatic heterocycles. The Hall–Kier alpha value is -1.25. The van der Waals surface area contributed by atoms with Gasteiger partial charge in [-0.05, 0) is 31.0 Å². The highest BCUT2D eigenvalue weighted by Gasteiger charge is 2.43. The van der Waals surface area contributed by atoms with Crippen LogP contribution in [0.3, 0.4) is 0 Å². The number of hydrogen-bond donors (Lipinski definition) is 1. The third-order valence-electron chi connectivity index (χ3n) is 4.30. The number of anilines is 2. The van der Waals surface area contributed by atoms with Crippen molar-refractivity contribution in [2.75, 3.05) is 23.7 Å². The van der Waals surface area contributed by atoms with E-state index in [1.807, 2.05) is 0 Å². The van der Waals surface area contributed by atoms with Crippen LogP contribution in [0.5, 0.6) is 0 Å². The molecule has 1 aromatic carbocycles. The number of halogens is 1. The van der Waals surface area contributed by atoms with Crippen molar-refractivity contribution in [1.29, 1.82) is 0 Å². The van der Waals surface area contributed by atoms with Gasteiger partial charge in [0.05, 0.1) is 11.4 Å². The predicted molar refractivity (Wildman–Crippen MR) is 68.5 cm³/mol. The minimum atomic E-state index is -0.251. The second-order valence-corrected chi connectivity index (χ2v) is 5.62. The number of nitrogens with zero attached hydrogens (tertiary/aromatic N) is 1. The van der Waals surface area contributed by atoms with Crippen LogP contribution in [0.4, 0.5) is 15.8 Å². The Morgan fingerprint density at radius 3 is 2.47 bits per heavy atom. The van der Waals surface area contributed by atoms with Gasteiger partial charge in [-0.2, -0.15) is 0 Å². The van der Waals surface area contributed by atoms with Crippen molar-refractivity contribution < 1.29 is 4.39 Å². The van der Waals surface area contributed by atoms with E-state index in [1.165, 1.54) is 44.2 Å². The van der Waals surface area contributed by atoms with E-state index < -0.39 is 0 Å². The second-order valence-electron chi connectivity index (χ2n) is 5.62. The molecule has 92 valence electrons. The summed E-state index contributed by atoms with van der Waals surface area (Å²) in [4.78, 5) is 2.29. The lowest BCUT2D eigenvalue weighted by atomic mass is 9.68. The molecular formula is C14H19FN2. The quantitative estimate of drug-likeness (QED) is 0.756. The molecule has 3 rings (SSSR count). The molecule has 1 aliphatic carbocycles. The fraction of sp³-hybridized carbons (Fsp3) is 0.571. The molecule has 1 aromatic rings. The average Bonchev–Trinajstić information content (AvgIpc) is 2.27. The molecule has 1 saturated carbocycles. The van der Waals surface area contributed by atoms with Crippen molar-refractivity contribution in [3.05, 3.63) is 24.0 Å². The van der Waals surface area contributed by atoms with Crippen LogP contribution in [0.2, 0.25) is 0 Å². The standard InChI is InChI=1S/C14H19FN2/c15-11-4-5-13(12(16)8-11)17-9-14(10-17)6-2-1-3-7-14/h4-5,8H,1-3,6-7,9-10,16H2. The Labute approximate surface area is 102 Å². The van der Waals surface area contributed by atoms with Crippen molar-refractivity contribution in [2.45, 2.75) is 32.1 Å². The summed E-state index contributed by atoms with van der Waals surface area (Å²) in [6, 6.07) is 4.72. The molecule has 1 heterocycles. The molecule has 2 aliphatic rings. The van der Waals surface area contributed by atoms with Gasteiger partial charge in [0.2, 0.25) is 0 Å². The van der Waals surface area contributed by atoms with Gasteiger partial charge in [0.1, 0.15) is 5.82 Å². The van der Waals surface area contributed by atoms with Crippen LogP contribution in [0.25, 0.3) is 0 Å². The molecule has 1 spiro atoms. The molecule has 0 bridgehead atoms. The molecular weight excluding hydrogens is 215 g/mol. The van der Waals surface area contributed by atoms with Gasteiger partial charge in [0.15, 0.2) is 0 Å². The normalized spacial score (nSPS) is 22.5. The summed E-state index contributed by atoms with van der Waals surface area (Å²) >= 11 is 0. The first-order valence-corrected chi connectivity index (χ1v) is 6.49. The lowest BCUT2D eigenvalue weighted by molar-refractivity contribution is 0.139. The van der Waals surface area contributed by atoms with Crippen LogP contribution in [-0.4, -0.2) is 13.1 Å². The van der Waals surface area contributed by atoms with E-state index in [0.717, 1.165) is 18.8 Å². The zero-order chi connectivity index (χ0) is 11.9. The number of nitrogens with two attached hydrogens (primary N) is 1. The molecule has 0 radical (unpaired) electrons. The summed E-state index contributed by atoms with van der Waals surface area (Å²) in [6.45, 7) is 2.20. The Morgan fingerprint density at radius 1 is 1.12 bits per heavy atom. The molecule has 3 heteroatoms. The third-order valence-corrected chi connectivity index (χ3v) is 4.30. The van der Waals surface area contributed by atoms with E-state index in [1.54, 1.807) is 6.07 Å². The monoisotopic (exact) mass is 234 g/mol. The molecule has 0 amide bonds. The number of benzene rings is 1. The molecule has 2 N–H and O–H groups in total. The van der Waals surface area contributed by atoms with E-state index in [4.69, 9.17) is 5.73 Å². The van der Waals surface area contributed by atoms with Gasteiger partial charge in [0, 0.05) is 18.5 Å². The molecule has 0 unspecified atom stereocenters. The third kappa shape index (κ3) is 1.88. The lowest BCUT2D eigenvalue weighted by Crippen LogP contribution is -2.57. The molecule has 0 aromatic heterocycles. The first kappa shape index (κ1) is 10.9. The van der Waals surface area contributed by atoms with Crippen molar-refractivity contribution in [3.8, 4) is 0 Å². The summed E-state index contributed by atoms with van der Waals surface area (Å²) in [6.07, 6.45) is 6.83. The molecule has 17 heavy (non-hydrogen) atoms. The zero-order valence-electron chi connectivity index (χ0n) is 10.1. The van der Waals surface area contributed by atoms with E-state index in [9.17, 15) is 4.39 Å².